The van der Waals surface area contributed by atoms with Crippen LogP contribution in [0.4, 0.5) is 5.00 Å². The summed E-state index contributed by atoms with van der Waals surface area (Å²) in [4.78, 5) is 21.0. The van der Waals surface area contributed by atoms with Crippen LogP contribution < -0.4 is 5.32 Å². The second kappa shape index (κ2) is 4.61. The van der Waals surface area contributed by atoms with E-state index >= 15 is 0 Å². The highest BCUT2D eigenvalue weighted by molar-refractivity contribution is 7.14. The topological polar surface area (TPSA) is 86.6 Å². The Kier molecular flexibility index (Phi) is 3.47. The molecule has 0 saturated carbocycles. The van der Waals surface area contributed by atoms with Crippen molar-refractivity contribution in [3.05, 3.63) is 17.5 Å². The molecule has 0 amide bonds. The molecule has 0 aromatic carbocycles. The molecule has 14 heavy (non-hydrogen) atoms. The molecule has 76 valence electrons. The molecule has 1 atom stereocenters. The number of carbonyl (C=O) groups is 2. The van der Waals surface area contributed by atoms with Crippen molar-refractivity contribution in [2.24, 2.45) is 0 Å². The molecule has 3 N–H and O–H groups in total. The first-order valence-electron chi connectivity index (χ1n) is 3.84. The largest absolute Gasteiger partial charge is 0.481 e. The quantitative estimate of drug-likeness (QED) is 0.684. The summed E-state index contributed by atoms with van der Waals surface area (Å²) in [5.41, 5.74) is 0. The summed E-state index contributed by atoms with van der Waals surface area (Å²) in [7, 11) is 0. The van der Waals surface area contributed by atoms with Crippen LogP contribution >= 0.6 is 11.3 Å². The maximum Gasteiger partial charge on any atom is 0.326 e. The van der Waals surface area contributed by atoms with Crippen molar-refractivity contribution in [2.75, 3.05) is 5.32 Å². The minimum Gasteiger partial charge on any atom is -0.481 e. The van der Waals surface area contributed by atoms with Gasteiger partial charge in [-0.15, -0.1) is 11.3 Å². The second-order valence-corrected chi connectivity index (χ2v) is 3.56. The van der Waals surface area contributed by atoms with Gasteiger partial charge in [-0.05, 0) is 17.5 Å². The third kappa shape index (κ3) is 3.06. The van der Waals surface area contributed by atoms with Gasteiger partial charge in [0.1, 0.15) is 6.04 Å². The fourth-order valence-corrected chi connectivity index (χ4v) is 1.58. The lowest BCUT2D eigenvalue weighted by Gasteiger charge is -2.11. The zero-order valence-electron chi connectivity index (χ0n) is 7.14. The summed E-state index contributed by atoms with van der Waals surface area (Å²) < 4.78 is 0. The number of thiophene rings is 1. The Labute approximate surface area is 84.0 Å². The van der Waals surface area contributed by atoms with E-state index in [-0.39, 0.29) is 0 Å². The lowest BCUT2D eigenvalue weighted by Crippen LogP contribution is -2.31. The Morgan fingerprint density at radius 1 is 1.50 bits per heavy atom. The van der Waals surface area contributed by atoms with Crippen molar-refractivity contribution in [1.29, 1.82) is 0 Å². The Morgan fingerprint density at radius 2 is 2.21 bits per heavy atom. The van der Waals surface area contributed by atoms with Gasteiger partial charge in [0.15, 0.2) is 0 Å². The van der Waals surface area contributed by atoms with E-state index < -0.39 is 24.4 Å². The first-order valence-corrected chi connectivity index (χ1v) is 4.72. The predicted molar refractivity (Wildman–Crippen MR) is 51.6 cm³/mol. The van der Waals surface area contributed by atoms with Gasteiger partial charge in [0.25, 0.3) is 0 Å². The van der Waals surface area contributed by atoms with Crippen LogP contribution in [0.2, 0.25) is 0 Å². The molecule has 5 nitrogen and oxygen atoms in total. The predicted octanol–water partition coefficient (Wildman–Crippen LogP) is 1.09. The minimum absolute atomic E-state index is 0.437. The average molecular weight is 215 g/mol. The Hall–Kier alpha value is -1.56. The highest BCUT2D eigenvalue weighted by Gasteiger charge is 2.20. The lowest BCUT2D eigenvalue weighted by atomic mass is 10.2. The van der Waals surface area contributed by atoms with E-state index in [2.05, 4.69) is 5.32 Å². The highest BCUT2D eigenvalue weighted by atomic mass is 32.1. The van der Waals surface area contributed by atoms with Crippen molar-refractivity contribution in [1.82, 2.24) is 0 Å². The van der Waals surface area contributed by atoms with Crippen LogP contribution in [0.5, 0.6) is 0 Å². The summed E-state index contributed by atoms with van der Waals surface area (Å²) in [5.74, 6) is -2.30. The molecule has 1 heterocycles. The monoisotopic (exact) mass is 215 g/mol. The van der Waals surface area contributed by atoms with E-state index in [1.54, 1.807) is 17.5 Å². The van der Waals surface area contributed by atoms with Gasteiger partial charge >= 0.3 is 11.9 Å². The molecule has 0 spiro atoms. The van der Waals surface area contributed by atoms with Crippen LogP contribution in [0.1, 0.15) is 6.42 Å². The summed E-state index contributed by atoms with van der Waals surface area (Å²) in [6.45, 7) is 0. The normalized spacial score (nSPS) is 12.0. The molecular formula is C8H9NO4S. The summed E-state index contributed by atoms with van der Waals surface area (Å²) in [6.07, 6.45) is -0.437. The fourth-order valence-electron chi connectivity index (χ4n) is 0.907. The van der Waals surface area contributed by atoms with Crippen LogP contribution in [-0.2, 0) is 9.59 Å². The first-order chi connectivity index (χ1) is 6.59. The van der Waals surface area contributed by atoms with Crippen molar-refractivity contribution >= 4 is 28.3 Å². The lowest BCUT2D eigenvalue weighted by molar-refractivity contribution is -0.144. The van der Waals surface area contributed by atoms with Crippen molar-refractivity contribution in [3.8, 4) is 0 Å². The Morgan fingerprint density at radius 3 is 2.64 bits per heavy atom. The van der Waals surface area contributed by atoms with Crippen LogP contribution in [0.3, 0.4) is 0 Å². The molecule has 0 bridgehead atoms. The zero-order chi connectivity index (χ0) is 10.6. The van der Waals surface area contributed by atoms with E-state index in [9.17, 15) is 9.59 Å². The molecular weight excluding hydrogens is 206 g/mol. The van der Waals surface area contributed by atoms with Gasteiger partial charge < -0.3 is 15.5 Å². The van der Waals surface area contributed by atoms with Gasteiger partial charge in [-0.3, -0.25) is 4.79 Å². The van der Waals surface area contributed by atoms with Crippen molar-refractivity contribution in [3.63, 3.8) is 0 Å². The van der Waals surface area contributed by atoms with E-state index in [1.165, 1.54) is 11.3 Å². The van der Waals surface area contributed by atoms with E-state index in [4.69, 9.17) is 10.2 Å². The summed E-state index contributed by atoms with van der Waals surface area (Å²) in [6, 6.07) is 2.38. The molecule has 0 aliphatic heterocycles. The number of carboxylic acids is 2. The number of anilines is 1. The third-order valence-electron chi connectivity index (χ3n) is 1.51. The molecule has 0 fully saturated rings. The molecule has 1 aromatic rings. The van der Waals surface area contributed by atoms with Gasteiger partial charge in [-0.2, -0.15) is 0 Å². The van der Waals surface area contributed by atoms with E-state index in [0.717, 1.165) is 0 Å². The minimum atomic E-state index is -1.17. The Balaban J connectivity index is 2.60. The smallest absolute Gasteiger partial charge is 0.326 e. The molecule has 0 unspecified atom stereocenters. The molecule has 0 radical (unpaired) electrons. The maximum atomic E-state index is 10.6. The van der Waals surface area contributed by atoms with Gasteiger partial charge in [0.05, 0.1) is 11.4 Å². The van der Waals surface area contributed by atoms with Gasteiger partial charge in [0, 0.05) is 0 Å². The molecule has 0 aliphatic carbocycles. The van der Waals surface area contributed by atoms with Gasteiger partial charge in [-0.1, -0.05) is 0 Å². The van der Waals surface area contributed by atoms with Crippen LogP contribution in [-0.4, -0.2) is 28.2 Å². The van der Waals surface area contributed by atoms with Gasteiger partial charge in [0.2, 0.25) is 0 Å². The van der Waals surface area contributed by atoms with E-state index in [0.29, 0.717) is 5.00 Å². The SMILES string of the molecule is O=C(O)C[C@H](Nc1cccs1)C(=O)O. The summed E-state index contributed by atoms with van der Waals surface area (Å²) in [5, 5.41) is 22.2. The third-order valence-corrected chi connectivity index (χ3v) is 2.32. The fraction of sp³-hybridized carbons (Fsp3) is 0.250. The molecule has 1 rings (SSSR count). The molecule has 6 heteroatoms. The number of hydrogen-bond donors (Lipinski definition) is 3. The van der Waals surface area contributed by atoms with Crippen LogP contribution in [0.25, 0.3) is 0 Å². The van der Waals surface area contributed by atoms with Crippen LogP contribution in [0, 0.1) is 0 Å². The number of aliphatic carboxylic acids is 2. The van der Waals surface area contributed by atoms with Crippen molar-refractivity contribution < 1.29 is 19.8 Å². The number of carboxylic acid groups (broad SMARTS) is 2. The summed E-state index contributed by atoms with van der Waals surface area (Å²) >= 11 is 1.33. The first kappa shape index (κ1) is 10.5. The van der Waals surface area contributed by atoms with Gasteiger partial charge in [-0.25, -0.2) is 4.79 Å². The van der Waals surface area contributed by atoms with Crippen molar-refractivity contribution in [2.45, 2.75) is 12.5 Å². The number of hydrogen-bond acceptors (Lipinski definition) is 4. The zero-order valence-corrected chi connectivity index (χ0v) is 7.95. The molecule has 1 aromatic heterocycles. The van der Waals surface area contributed by atoms with Crippen LogP contribution in [0.15, 0.2) is 17.5 Å². The maximum absolute atomic E-state index is 10.6. The Bertz CT molecular complexity index is 322. The molecule has 0 saturated heterocycles. The highest BCUT2D eigenvalue weighted by Crippen LogP contribution is 2.17. The molecule has 0 aliphatic rings. The number of nitrogens with one attached hydrogen (secondary N) is 1. The average Bonchev–Trinajstić information content (AvgIpc) is 2.54. The van der Waals surface area contributed by atoms with E-state index in [1.807, 2.05) is 0 Å². The standard InChI is InChI=1S/C8H9NO4S/c10-7(11)4-5(8(12)13)9-6-2-1-3-14-6/h1-3,5,9H,4H2,(H,10,11)(H,12,13)/t5-/m0/s1. The number of rotatable bonds is 5. The second-order valence-electron chi connectivity index (χ2n) is 2.61.